The zero-order chi connectivity index (χ0) is 21.6. The molecule has 2 aromatic carbocycles. The van der Waals surface area contributed by atoms with Crippen molar-refractivity contribution in [1.29, 1.82) is 0 Å². The van der Waals surface area contributed by atoms with Crippen molar-refractivity contribution in [2.75, 3.05) is 11.1 Å². The van der Waals surface area contributed by atoms with E-state index in [9.17, 15) is 14.9 Å². The summed E-state index contributed by atoms with van der Waals surface area (Å²) in [5.74, 6) is 0.185. The van der Waals surface area contributed by atoms with Gasteiger partial charge in [-0.2, -0.15) is 0 Å². The maximum absolute atomic E-state index is 12.2. The number of aromatic nitrogens is 3. The molecule has 1 amide bonds. The minimum atomic E-state index is -0.436. The van der Waals surface area contributed by atoms with Gasteiger partial charge in [-0.1, -0.05) is 30.0 Å². The maximum atomic E-state index is 12.2. The van der Waals surface area contributed by atoms with E-state index in [0.717, 1.165) is 22.9 Å². The summed E-state index contributed by atoms with van der Waals surface area (Å²) in [6.45, 7) is 0. The molecule has 4 rings (SSSR count). The minimum Gasteiger partial charge on any atom is -0.410 e. The molecule has 0 aliphatic heterocycles. The van der Waals surface area contributed by atoms with Crippen molar-refractivity contribution >= 4 is 29.0 Å². The maximum Gasteiger partial charge on any atom is 0.277 e. The molecule has 0 bridgehead atoms. The summed E-state index contributed by atoms with van der Waals surface area (Å²) >= 11 is 1.13. The van der Waals surface area contributed by atoms with E-state index in [1.807, 2.05) is 18.2 Å². The van der Waals surface area contributed by atoms with Crippen molar-refractivity contribution in [3.63, 3.8) is 0 Å². The third-order valence-electron chi connectivity index (χ3n) is 4.20. The Labute approximate surface area is 180 Å². The van der Waals surface area contributed by atoms with Gasteiger partial charge in [0.25, 0.3) is 16.8 Å². The Balaban J connectivity index is 1.32. The van der Waals surface area contributed by atoms with E-state index in [0.29, 0.717) is 17.3 Å². The SMILES string of the molecule is O=C(CSc1nnc(-c2ccccn2)o1)Nc1ccc(-c2ccc([N+](=O)[O-])cc2)cc1. The molecule has 0 saturated heterocycles. The van der Waals surface area contributed by atoms with E-state index < -0.39 is 4.92 Å². The number of pyridine rings is 1. The molecule has 0 aliphatic rings. The van der Waals surface area contributed by atoms with Gasteiger partial charge in [-0.05, 0) is 47.5 Å². The number of nitro groups is 1. The second kappa shape index (κ2) is 9.18. The first-order chi connectivity index (χ1) is 15.1. The fourth-order valence-corrected chi connectivity index (χ4v) is 3.27. The van der Waals surface area contributed by atoms with Crippen LogP contribution in [0.15, 0.2) is 82.6 Å². The summed E-state index contributed by atoms with van der Waals surface area (Å²) in [5.41, 5.74) is 2.98. The van der Waals surface area contributed by atoms with Gasteiger partial charge in [0, 0.05) is 24.0 Å². The highest BCUT2D eigenvalue weighted by atomic mass is 32.2. The Morgan fingerprint density at radius 1 is 1.00 bits per heavy atom. The van der Waals surface area contributed by atoms with Crippen LogP contribution in [0.2, 0.25) is 0 Å². The van der Waals surface area contributed by atoms with Gasteiger partial charge in [0.05, 0.1) is 10.7 Å². The van der Waals surface area contributed by atoms with Gasteiger partial charge in [-0.3, -0.25) is 19.9 Å². The van der Waals surface area contributed by atoms with Crippen LogP contribution in [0.4, 0.5) is 11.4 Å². The molecule has 31 heavy (non-hydrogen) atoms. The molecule has 0 saturated carbocycles. The van der Waals surface area contributed by atoms with Gasteiger partial charge >= 0.3 is 0 Å². The fourth-order valence-electron chi connectivity index (χ4n) is 2.71. The number of carbonyl (C=O) groups is 1. The monoisotopic (exact) mass is 433 g/mol. The van der Waals surface area contributed by atoms with Crippen LogP contribution in [0.25, 0.3) is 22.7 Å². The lowest BCUT2D eigenvalue weighted by molar-refractivity contribution is -0.384. The van der Waals surface area contributed by atoms with Gasteiger partial charge in [-0.15, -0.1) is 10.2 Å². The number of thioether (sulfide) groups is 1. The molecule has 0 unspecified atom stereocenters. The highest BCUT2D eigenvalue weighted by molar-refractivity contribution is 7.99. The average molecular weight is 433 g/mol. The van der Waals surface area contributed by atoms with Crippen LogP contribution in [-0.4, -0.2) is 31.8 Å². The first-order valence-corrected chi connectivity index (χ1v) is 10.1. The van der Waals surface area contributed by atoms with Crippen LogP contribution in [0.1, 0.15) is 0 Å². The zero-order valence-electron chi connectivity index (χ0n) is 16.0. The van der Waals surface area contributed by atoms with Crippen molar-refractivity contribution in [2.45, 2.75) is 5.22 Å². The minimum absolute atomic E-state index is 0.0403. The third kappa shape index (κ3) is 5.11. The molecule has 0 atom stereocenters. The molecular weight excluding hydrogens is 418 g/mol. The van der Waals surface area contributed by atoms with Crippen LogP contribution in [0, 0.1) is 10.1 Å². The van der Waals surface area contributed by atoms with E-state index in [1.54, 1.807) is 42.6 Å². The molecule has 1 N–H and O–H groups in total. The predicted molar refractivity (Wildman–Crippen MR) is 115 cm³/mol. The van der Waals surface area contributed by atoms with Crippen molar-refractivity contribution in [1.82, 2.24) is 15.2 Å². The Kier molecular flexibility index (Phi) is 5.99. The number of hydrogen-bond acceptors (Lipinski definition) is 8. The first-order valence-electron chi connectivity index (χ1n) is 9.11. The second-order valence-corrected chi connectivity index (χ2v) is 7.23. The van der Waals surface area contributed by atoms with Gasteiger partial charge in [0.1, 0.15) is 5.69 Å². The molecule has 0 radical (unpaired) electrons. The van der Waals surface area contributed by atoms with E-state index in [1.165, 1.54) is 12.1 Å². The smallest absolute Gasteiger partial charge is 0.277 e. The molecule has 0 fully saturated rings. The molecule has 10 heteroatoms. The van der Waals surface area contributed by atoms with Crippen molar-refractivity contribution in [2.24, 2.45) is 0 Å². The fraction of sp³-hybridized carbons (Fsp3) is 0.0476. The van der Waals surface area contributed by atoms with Crippen LogP contribution in [0.5, 0.6) is 0 Å². The molecule has 154 valence electrons. The van der Waals surface area contributed by atoms with Crippen LogP contribution in [-0.2, 0) is 4.79 Å². The number of hydrogen-bond donors (Lipinski definition) is 1. The van der Waals surface area contributed by atoms with Crippen molar-refractivity contribution in [3.05, 3.63) is 83.0 Å². The largest absolute Gasteiger partial charge is 0.410 e. The number of carbonyl (C=O) groups excluding carboxylic acids is 1. The van der Waals surface area contributed by atoms with Crippen molar-refractivity contribution in [3.8, 4) is 22.7 Å². The first kappa shape index (κ1) is 20.2. The van der Waals surface area contributed by atoms with Crippen LogP contribution >= 0.6 is 11.8 Å². The van der Waals surface area contributed by atoms with Crippen molar-refractivity contribution < 1.29 is 14.1 Å². The summed E-state index contributed by atoms with van der Waals surface area (Å²) in [6.07, 6.45) is 1.63. The number of non-ortho nitro benzene ring substituents is 1. The molecule has 2 aromatic heterocycles. The van der Waals surface area contributed by atoms with Gasteiger partial charge in [-0.25, -0.2) is 0 Å². The highest BCUT2D eigenvalue weighted by Crippen LogP contribution is 2.25. The van der Waals surface area contributed by atoms with Crippen LogP contribution in [0.3, 0.4) is 0 Å². The normalized spacial score (nSPS) is 10.6. The number of benzene rings is 2. The summed E-state index contributed by atoms with van der Waals surface area (Å²) in [5, 5.41) is 21.7. The van der Waals surface area contributed by atoms with Gasteiger partial charge < -0.3 is 9.73 Å². The van der Waals surface area contributed by atoms with Gasteiger partial charge in [0.15, 0.2) is 0 Å². The predicted octanol–water partition coefficient (Wildman–Crippen LogP) is 4.44. The molecule has 9 nitrogen and oxygen atoms in total. The Hall–Kier alpha value is -4.05. The zero-order valence-corrected chi connectivity index (χ0v) is 16.8. The molecule has 4 aromatic rings. The topological polar surface area (TPSA) is 124 Å². The second-order valence-electron chi connectivity index (χ2n) is 6.31. The van der Waals surface area contributed by atoms with E-state index in [-0.39, 0.29) is 22.6 Å². The standard InChI is InChI=1S/C21H15N5O4S/c27-19(13-31-21-25-24-20(30-21)18-3-1-2-12-22-18)23-16-8-4-14(5-9-16)15-6-10-17(11-7-15)26(28)29/h1-12H,13H2,(H,23,27). The Morgan fingerprint density at radius 2 is 1.71 bits per heavy atom. The lowest BCUT2D eigenvalue weighted by Crippen LogP contribution is -2.13. The third-order valence-corrected chi connectivity index (χ3v) is 5.02. The number of rotatable bonds is 7. The van der Waals surface area contributed by atoms with E-state index in [4.69, 9.17) is 4.42 Å². The molecule has 2 heterocycles. The number of nitro benzene ring substituents is 1. The summed E-state index contributed by atoms with van der Waals surface area (Å²) < 4.78 is 5.51. The number of nitrogens with one attached hydrogen (secondary N) is 1. The summed E-state index contributed by atoms with van der Waals surface area (Å²) in [4.78, 5) is 26.7. The average Bonchev–Trinajstić information content (AvgIpc) is 3.28. The highest BCUT2D eigenvalue weighted by Gasteiger charge is 2.12. The van der Waals surface area contributed by atoms with Gasteiger partial charge in [0.2, 0.25) is 5.91 Å². The van der Waals surface area contributed by atoms with Crippen LogP contribution < -0.4 is 5.32 Å². The molecule has 0 spiro atoms. The molecular formula is C21H15N5O4S. The summed E-state index contributed by atoms with van der Waals surface area (Å²) in [7, 11) is 0. The number of anilines is 1. The quantitative estimate of drug-likeness (QED) is 0.258. The lowest BCUT2D eigenvalue weighted by atomic mass is 10.1. The van der Waals surface area contributed by atoms with E-state index >= 15 is 0 Å². The van der Waals surface area contributed by atoms with E-state index in [2.05, 4.69) is 20.5 Å². The molecule has 0 aliphatic carbocycles. The number of amides is 1. The summed E-state index contributed by atoms with van der Waals surface area (Å²) in [6, 6.07) is 18.9. The Morgan fingerprint density at radius 3 is 2.35 bits per heavy atom. The Bertz CT molecular complexity index is 1190. The number of nitrogens with zero attached hydrogens (tertiary/aromatic N) is 4. The lowest BCUT2D eigenvalue weighted by Gasteiger charge is -2.06.